The third-order valence-electron chi connectivity index (χ3n) is 4.30. The van der Waals surface area contributed by atoms with Crippen LogP contribution in [0.15, 0.2) is 0 Å². The summed E-state index contributed by atoms with van der Waals surface area (Å²) in [5.74, 6) is 5.43. The quantitative estimate of drug-likeness (QED) is 0.247. The molecule has 0 bridgehead atoms. The van der Waals surface area contributed by atoms with Crippen LogP contribution in [0.5, 0.6) is 0 Å². The molecule has 0 fully saturated rings. The largest absolute Gasteiger partial charge is 0.481 e. The summed E-state index contributed by atoms with van der Waals surface area (Å²) in [6.45, 7) is 3.46. The van der Waals surface area contributed by atoms with Crippen molar-refractivity contribution in [1.82, 2.24) is 0 Å². The first-order chi connectivity index (χ1) is 14.7. The summed E-state index contributed by atoms with van der Waals surface area (Å²) in [6, 6.07) is 0. The van der Waals surface area contributed by atoms with Crippen molar-refractivity contribution in [2.45, 2.75) is 57.5 Å². The normalized spacial score (nSPS) is 16.3. The molecule has 0 spiro atoms. The molecule has 1 aliphatic carbocycles. The van der Waals surface area contributed by atoms with Gasteiger partial charge in [-0.15, -0.1) is 5.92 Å². The number of aliphatic carboxylic acids is 1. The van der Waals surface area contributed by atoms with Crippen LogP contribution < -0.4 is 0 Å². The van der Waals surface area contributed by atoms with Crippen molar-refractivity contribution >= 4 is 11.8 Å². The predicted octanol–water partition coefficient (Wildman–Crippen LogP) is 2.23. The molecule has 1 unspecified atom stereocenters. The Morgan fingerprint density at radius 3 is 2.10 bits per heavy atom. The van der Waals surface area contributed by atoms with Gasteiger partial charge in [0, 0.05) is 19.4 Å². The highest BCUT2D eigenvalue weighted by Crippen LogP contribution is 2.11. The summed E-state index contributed by atoms with van der Waals surface area (Å²) in [5.41, 5.74) is 0. The second kappa shape index (κ2) is 19.5. The lowest BCUT2D eigenvalue weighted by atomic mass is 10.1. The van der Waals surface area contributed by atoms with E-state index in [-0.39, 0.29) is 31.5 Å². The number of ketones is 1. The van der Waals surface area contributed by atoms with Crippen LogP contribution in [0.3, 0.4) is 0 Å². The molecule has 0 aromatic rings. The zero-order chi connectivity index (χ0) is 21.7. The molecule has 0 aliphatic heterocycles. The first-order valence-corrected chi connectivity index (χ1v) is 10.8. The molecule has 0 saturated heterocycles. The number of hydrogen-bond donors (Lipinski definition) is 1. The second-order valence-corrected chi connectivity index (χ2v) is 6.96. The Labute approximate surface area is 179 Å². The number of hydrogen-bond acceptors (Lipinski definition) is 7. The summed E-state index contributed by atoms with van der Waals surface area (Å²) >= 11 is 0. The van der Waals surface area contributed by atoms with E-state index in [0.29, 0.717) is 59.1 Å². The van der Waals surface area contributed by atoms with E-state index in [1.807, 2.05) is 0 Å². The molecule has 1 atom stereocenters. The number of carbonyl (C=O) groups is 2. The highest BCUT2D eigenvalue weighted by atomic mass is 16.6. The van der Waals surface area contributed by atoms with Gasteiger partial charge in [0.25, 0.3) is 0 Å². The molecule has 1 N–H and O–H groups in total. The van der Waals surface area contributed by atoms with Crippen LogP contribution >= 0.6 is 0 Å². The molecular formula is C22H36O8. The molecule has 0 heterocycles. The fraction of sp³-hybridized carbons (Fsp3) is 0.818. The number of rotatable bonds is 19. The fourth-order valence-corrected chi connectivity index (χ4v) is 2.66. The Kier molecular flexibility index (Phi) is 17.2. The van der Waals surface area contributed by atoms with Gasteiger partial charge >= 0.3 is 5.97 Å². The van der Waals surface area contributed by atoms with E-state index in [9.17, 15) is 9.59 Å². The number of ether oxygens (including phenoxy) is 5. The summed E-state index contributed by atoms with van der Waals surface area (Å²) in [4.78, 5) is 22.2. The number of Topliss-reactive ketones (excluding diaryl/α,β-unsaturated/α-hetero) is 1. The molecule has 8 heteroatoms. The lowest BCUT2D eigenvalue weighted by Gasteiger charge is -2.13. The van der Waals surface area contributed by atoms with E-state index < -0.39 is 5.97 Å². The molecule has 0 radical (unpaired) electrons. The molecule has 0 amide bonds. The van der Waals surface area contributed by atoms with Crippen molar-refractivity contribution in [3.05, 3.63) is 0 Å². The van der Waals surface area contributed by atoms with Crippen LogP contribution in [0.25, 0.3) is 0 Å². The molecular weight excluding hydrogens is 392 g/mol. The van der Waals surface area contributed by atoms with Crippen LogP contribution in [-0.4, -0.2) is 82.4 Å². The fourth-order valence-electron chi connectivity index (χ4n) is 2.66. The average Bonchev–Trinajstić information content (AvgIpc) is 2.69. The zero-order valence-electron chi connectivity index (χ0n) is 17.9. The summed E-state index contributed by atoms with van der Waals surface area (Å²) < 4.78 is 26.9. The Hall–Kier alpha value is -1.50. The maximum absolute atomic E-state index is 11.9. The molecule has 0 aromatic carbocycles. The van der Waals surface area contributed by atoms with Gasteiger partial charge in [-0.05, 0) is 25.7 Å². The monoisotopic (exact) mass is 428 g/mol. The van der Waals surface area contributed by atoms with E-state index in [4.69, 9.17) is 28.8 Å². The highest BCUT2D eigenvalue weighted by molar-refractivity contribution is 5.79. The van der Waals surface area contributed by atoms with E-state index >= 15 is 0 Å². The third-order valence-corrected chi connectivity index (χ3v) is 4.30. The second-order valence-electron chi connectivity index (χ2n) is 6.96. The minimum Gasteiger partial charge on any atom is -0.481 e. The van der Waals surface area contributed by atoms with Crippen LogP contribution in [0, 0.1) is 11.8 Å². The van der Waals surface area contributed by atoms with E-state index in [0.717, 1.165) is 25.7 Å². The van der Waals surface area contributed by atoms with Crippen LogP contribution in [-0.2, 0) is 33.3 Å². The van der Waals surface area contributed by atoms with E-state index in [2.05, 4.69) is 11.8 Å². The molecule has 0 aromatic heterocycles. The Morgan fingerprint density at radius 2 is 1.43 bits per heavy atom. The highest BCUT2D eigenvalue weighted by Gasteiger charge is 2.10. The molecule has 30 heavy (non-hydrogen) atoms. The third kappa shape index (κ3) is 17.4. The van der Waals surface area contributed by atoms with E-state index in [1.165, 1.54) is 6.42 Å². The van der Waals surface area contributed by atoms with Crippen molar-refractivity contribution in [3.8, 4) is 11.8 Å². The Bertz CT molecular complexity index is 511. The van der Waals surface area contributed by atoms with Crippen LogP contribution in [0.1, 0.15) is 51.4 Å². The standard InChI is InChI=1S/C22H36O8/c23-20(19-30-21-8-4-2-1-3-5-9-21)7-6-11-26-13-15-28-17-18-29-16-14-27-12-10-22(24)25/h21H,1-4,6-8,10-19H2,(H,24,25). The minimum atomic E-state index is -0.872. The van der Waals surface area contributed by atoms with Gasteiger partial charge in [-0.2, -0.15) is 0 Å². The first-order valence-electron chi connectivity index (χ1n) is 10.8. The first kappa shape index (κ1) is 26.5. The summed E-state index contributed by atoms with van der Waals surface area (Å²) in [7, 11) is 0. The van der Waals surface area contributed by atoms with Crippen molar-refractivity contribution in [2.75, 3.05) is 59.5 Å². The van der Waals surface area contributed by atoms with Crippen LogP contribution in [0.2, 0.25) is 0 Å². The SMILES string of the molecule is O=C(O)CCOCCOCCOCCOCCCC(=O)COC1C#CCCCCC1. The van der Waals surface area contributed by atoms with Gasteiger partial charge in [0.2, 0.25) is 0 Å². The molecule has 8 nitrogen and oxygen atoms in total. The van der Waals surface area contributed by atoms with Gasteiger partial charge in [-0.1, -0.05) is 12.3 Å². The van der Waals surface area contributed by atoms with Gasteiger partial charge in [0.1, 0.15) is 12.7 Å². The van der Waals surface area contributed by atoms with Crippen molar-refractivity contribution in [1.29, 1.82) is 0 Å². The van der Waals surface area contributed by atoms with Gasteiger partial charge in [-0.3, -0.25) is 9.59 Å². The maximum Gasteiger partial charge on any atom is 0.305 e. The summed E-state index contributed by atoms with van der Waals surface area (Å²) in [5, 5.41) is 8.45. The lowest BCUT2D eigenvalue weighted by Crippen LogP contribution is -2.18. The Balaban J connectivity index is 1.80. The minimum absolute atomic E-state index is 0.000703. The predicted molar refractivity (Wildman–Crippen MR) is 110 cm³/mol. The number of carboxylic acids is 1. The van der Waals surface area contributed by atoms with Gasteiger partial charge < -0.3 is 28.8 Å². The van der Waals surface area contributed by atoms with Crippen molar-refractivity contribution in [3.63, 3.8) is 0 Å². The maximum atomic E-state index is 11.9. The van der Waals surface area contributed by atoms with E-state index in [1.54, 1.807) is 0 Å². The van der Waals surface area contributed by atoms with Crippen LogP contribution in [0.4, 0.5) is 0 Å². The molecule has 0 saturated carbocycles. The molecule has 1 aliphatic rings. The topological polar surface area (TPSA) is 101 Å². The zero-order valence-corrected chi connectivity index (χ0v) is 17.9. The Morgan fingerprint density at radius 1 is 0.800 bits per heavy atom. The van der Waals surface area contributed by atoms with Gasteiger partial charge in [-0.25, -0.2) is 0 Å². The van der Waals surface area contributed by atoms with Crippen molar-refractivity contribution in [2.24, 2.45) is 0 Å². The van der Waals surface area contributed by atoms with Gasteiger partial charge in [0.15, 0.2) is 5.78 Å². The van der Waals surface area contributed by atoms with Gasteiger partial charge in [0.05, 0.1) is 52.7 Å². The molecule has 1 rings (SSSR count). The average molecular weight is 429 g/mol. The number of carboxylic acid groups (broad SMARTS) is 1. The van der Waals surface area contributed by atoms with Crippen molar-refractivity contribution < 1.29 is 38.4 Å². The lowest BCUT2D eigenvalue weighted by molar-refractivity contribution is -0.138. The number of carbonyl (C=O) groups excluding carboxylic acids is 1. The molecule has 172 valence electrons. The smallest absolute Gasteiger partial charge is 0.305 e. The summed E-state index contributed by atoms with van der Waals surface area (Å²) in [6.07, 6.45) is 6.30.